The van der Waals surface area contributed by atoms with E-state index in [1.807, 2.05) is 7.05 Å². The van der Waals surface area contributed by atoms with Crippen LogP contribution in [-0.4, -0.2) is 9.78 Å². The van der Waals surface area contributed by atoms with Crippen LogP contribution in [0.15, 0.2) is 6.07 Å². The Labute approximate surface area is 84.3 Å². The van der Waals surface area contributed by atoms with Crippen molar-refractivity contribution in [1.82, 2.24) is 9.78 Å². The fourth-order valence-electron chi connectivity index (χ4n) is 3.29. The number of nitrogens with zero attached hydrogens (tertiary/aromatic N) is 2. The molecule has 0 amide bonds. The van der Waals surface area contributed by atoms with E-state index in [4.69, 9.17) is 5.73 Å². The largest absolute Gasteiger partial charge is 0.384 e. The van der Waals surface area contributed by atoms with E-state index < -0.39 is 0 Å². The lowest BCUT2D eigenvalue weighted by Crippen LogP contribution is -2.09. The average Bonchev–Trinajstić information content (AvgIpc) is 2.82. The molecule has 3 atom stereocenters. The van der Waals surface area contributed by atoms with Crippen LogP contribution in [0.5, 0.6) is 0 Å². The number of hydrogen-bond acceptors (Lipinski definition) is 2. The molecule has 0 aliphatic heterocycles. The van der Waals surface area contributed by atoms with Gasteiger partial charge in [0.1, 0.15) is 5.82 Å². The van der Waals surface area contributed by atoms with E-state index in [0.29, 0.717) is 5.92 Å². The summed E-state index contributed by atoms with van der Waals surface area (Å²) < 4.78 is 1.79. The molecule has 0 spiro atoms. The third-order valence-corrected chi connectivity index (χ3v) is 4.05. The van der Waals surface area contributed by atoms with Crippen LogP contribution in [0.1, 0.15) is 37.3 Å². The molecule has 3 nitrogen and oxygen atoms in total. The molecule has 0 saturated heterocycles. The smallest absolute Gasteiger partial charge is 0.121 e. The lowest BCUT2D eigenvalue weighted by Gasteiger charge is -2.19. The van der Waals surface area contributed by atoms with Gasteiger partial charge in [0.15, 0.2) is 0 Å². The first-order valence-corrected chi connectivity index (χ1v) is 5.53. The summed E-state index contributed by atoms with van der Waals surface area (Å²) in [6.07, 6.45) is 5.64. The molecular formula is C11H17N3. The van der Waals surface area contributed by atoms with Gasteiger partial charge in [0.25, 0.3) is 0 Å². The van der Waals surface area contributed by atoms with Crippen molar-refractivity contribution in [3.05, 3.63) is 11.8 Å². The first-order chi connectivity index (χ1) is 6.74. The SMILES string of the molecule is Cn1nc(C2CC3CCC2C3)cc1N. The first kappa shape index (κ1) is 8.33. The Morgan fingerprint density at radius 2 is 2.29 bits per heavy atom. The fourth-order valence-corrected chi connectivity index (χ4v) is 3.29. The molecule has 14 heavy (non-hydrogen) atoms. The number of nitrogens with two attached hydrogens (primary N) is 1. The van der Waals surface area contributed by atoms with Gasteiger partial charge in [0, 0.05) is 19.0 Å². The third-order valence-electron chi connectivity index (χ3n) is 4.05. The molecule has 0 radical (unpaired) electrons. The van der Waals surface area contributed by atoms with Gasteiger partial charge in [-0.3, -0.25) is 4.68 Å². The fraction of sp³-hybridized carbons (Fsp3) is 0.727. The lowest BCUT2D eigenvalue weighted by molar-refractivity contribution is 0.410. The molecule has 1 heterocycles. The third kappa shape index (κ3) is 1.08. The summed E-state index contributed by atoms with van der Waals surface area (Å²) in [5.41, 5.74) is 7.04. The predicted molar refractivity (Wildman–Crippen MR) is 55.8 cm³/mol. The summed E-state index contributed by atoms with van der Waals surface area (Å²) >= 11 is 0. The van der Waals surface area contributed by atoms with Crippen molar-refractivity contribution in [2.24, 2.45) is 18.9 Å². The number of hydrogen-bond donors (Lipinski definition) is 1. The minimum atomic E-state index is 0.706. The van der Waals surface area contributed by atoms with Gasteiger partial charge in [0.2, 0.25) is 0 Å². The van der Waals surface area contributed by atoms with Crippen LogP contribution in [0.2, 0.25) is 0 Å². The maximum atomic E-state index is 5.81. The normalized spacial score (nSPS) is 35.4. The number of fused-ring (bicyclic) bond motifs is 2. The average molecular weight is 191 g/mol. The summed E-state index contributed by atoms with van der Waals surface area (Å²) in [7, 11) is 1.92. The van der Waals surface area contributed by atoms with Crippen molar-refractivity contribution >= 4 is 5.82 Å². The standard InChI is InChI=1S/C11H17N3/c1-14-11(12)6-10(13-14)9-5-7-2-3-8(9)4-7/h6-9H,2-5,12H2,1H3. The van der Waals surface area contributed by atoms with Gasteiger partial charge >= 0.3 is 0 Å². The van der Waals surface area contributed by atoms with Crippen LogP contribution in [-0.2, 0) is 7.05 Å². The summed E-state index contributed by atoms with van der Waals surface area (Å²) in [6, 6.07) is 2.06. The van der Waals surface area contributed by atoms with Crippen LogP contribution in [0.4, 0.5) is 5.82 Å². The molecular weight excluding hydrogens is 174 g/mol. The van der Waals surface area contributed by atoms with Crippen molar-refractivity contribution in [2.75, 3.05) is 5.73 Å². The van der Waals surface area contributed by atoms with Gasteiger partial charge in [-0.15, -0.1) is 0 Å². The zero-order valence-electron chi connectivity index (χ0n) is 8.61. The van der Waals surface area contributed by atoms with E-state index in [0.717, 1.165) is 17.7 Å². The molecule has 3 heteroatoms. The zero-order valence-corrected chi connectivity index (χ0v) is 8.61. The van der Waals surface area contributed by atoms with Gasteiger partial charge in [-0.2, -0.15) is 5.10 Å². The summed E-state index contributed by atoms with van der Waals surface area (Å²) in [5, 5.41) is 4.50. The van der Waals surface area contributed by atoms with Crippen LogP contribution >= 0.6 is 0 Å². The molecule has 0 aromatic carbocycles. The highest BCUT2D eigenvalue weighted by Crippen LogP contribution is 2.52. The second-order valence-electron chi connectivity index (χ2n) is 4.90. The number of aromatic nitrogens is 2. The number of aryl methyl sites for hydroxylation is 1. The monoisotopic (exact) mass is 191 g/mol. The van der Waals surface area contributed by atoms with E-state index in [-0.39, 0.29) is 0 Å². The van der Waals surface area contributed by atoms with Gasteiger partial charge < -0.3 is 5.73 Å². The van der Waals surface area contributed by atoms with E-state index in [1.165, 1.54) is 31.4 Å². The molecule has 2 fully saturated rings. The highest BCUT2D eigenvalue weighted by atomic mass is 15.3. The van der Waals surface area contributed by atoms with E-state index in [1.54, 1.807) is 4.68 Å². The summed E-state index contributed by atoms with van der Waals surface area (Å²) in [6.45, 7) is 0. The second-order valence-corrected chi connectivity index (χ2v) is 4.90. The minimum Gasteiger partial charge on any atom is -0.384 e. The zero-order chi connectivity index (χ0) is 9.71. The Kier molecular flexibility index (Phi) is 1.64. The van der Waals surface area contributed by atoms with E-state index in [9.17, 15) is 0 Å². The Hall–Kier alpha value is -0.990. The highest BCUT2D eigenvalue weighted by Gasteiger charge is 2.41. The topological polar surface area (TPSA) is 43.8 Å². The molecule has 1 aromatic heterocycles. The van der Waals surface area contributed by atoms with Gasteiger partial charge in [-0.25, -0.2) is 0 Å². The maximum Gasteiger partial charge on any atom is 0.121 e. The van der Waals surface area contributed by atoms with Gasteiger partial charge in [0.05, 0.1) is 5.69 Å². The van der Waals surface area contributed by atoms with Crippen molar-refractivity contribution in [3.63, 3.8) is 0 Å². The quantitative estimate of drug-likeness (QED) is 0.736. The van der Waals surface area contributed by atoms with Gasteiger partial charge in [-0.05, 0) is 31.1 Å². The van der Waals surface area contributed by atoms with Crippen LogP contribution < -0.4 is 5.73 Å². The summed E-state index contributed by atoms with van der Waals surface area (Å²) in [5.74, 6) is 3.38. The van der Waals surface area contributed by atoms with Crippen LogP contribution in [0.25, 0.3) is 0 Å². The Morgan fingerprint density at radius 1 is 1.43 bits per heavy atom. The molecule has 2 aliphatic rings. The minimum absolute atomic E-state index is 0.706. The number of nitrogen functional groups attached to an aromatic ring is 1. The predicted octanol–water partition coefficient (Wildman–Crippen LogP) is 1.91. The highest BCUT2D eigenvalue weighted by molar-refractivity contribution is 5.33. The van der Waals surface area contributed by atoms with Crippen molar-refractivity contribution in [2.45, 2.75) is 31.6 Å². The van der Waals surface area contributed by atoms with Crippen molar-refractivity contribution < 1.29 is 0 Å². The van der Waals surface area contributed by atoms with Crippen molar-refractivity contribution in [1.29, 1.82) is 0 Å². The van der Waals surface area contributed by atoms with Gasteiger partial charge in [-0.1, -0.05) is 6.42 Å². The maximum absolute atomic E-state index is 5.81. The Bertz CT molecular complexity index is 336. The molecule has 2 aliphatic carbocycles. The Balaban J connectivity index is 1.89. The molecule has 2 bridgehead atoms. The molecule has 3 rings (SSSR count). The summed E-state index contributed by atoms with van der Waals surface area (Å²) in [4.78, 5) is 0. The first-order valence-electron chi connectivity index (χ1n) is 5.53. The second kappa shape index (κ2) is 2.75. The molecule has 3 unspecified atom stereocenters. The molecule has 1 aromatic rings. The number of anilines is 1. The number of rotatable bonds is 1. The lowest BCUT2D eigenvalue weighted by atomic mass is 9.86. The van der Waals surface area contributed by atoms with Crippen LogP contribution in [0.3, 0.4) is 0 Å². The Morgan fingerprint density at radius 3 is 2.79 bits per heavy atom. The van der Waals surface area contributed by atoms with E-state index >= 15 is 0 Å². The van der Waals surface area contributed by atoms with E-state index in [2.05, 4.69) is 11.2 Å². The van der Waals surface area contributed by atoms with Crippen molar-refractivity contribution in [3.8, 4) is 0 Å². The molecule has 76 valence electrons. The molecule has 2 N–H and O–H groups in total. The van der Waals surface area contributed by atoms with Crippen LogP contribution in [0, 0.1) is 11.8 Å². The molecule has 2 saturated carbocycles.